The van der Waals surface area contributed by atoms with Gasteiger partial charge in [0.2, 0.25) is 0 Å². The molecular formula is C13H20ClN5. The van der Waals surface area contributed by atoms with Crippen LogP contribution in [0.5, 0.6) is 0 Å². The van der Waals surface area contributed by atoms with Gasteiger partial charge in [-0.05, 0) is 20.8 Å². The molecule has 0 spiro atoms. The minimum Gasteiger partial charge on any atom is -0.331 e. The van der Waals surface area contributed by atoms with Gasteiger partial charge in [-0.2, -0.15) is 5.10 Å². The van der Waals surface area contributed by atoms with Crippen LogP contribution in [0.1, 0.15) is 30.9 Å². The molecule has 0 fully saturated rings. The lowest BCUT2D eigenvalue weighted by Gasteiger charge is -2.06. The summed E-state index contributed by atoms with van der Waals surface area (Å²) in [4.78, 5) is 4.35. The van der Waals surface area contributed by atoms with Crippen LogP contribution in [0.4, 0.5) is 0 Å². The van der Waals surface area contributed by atoms with Gasteiger partial charge in [-0.1, -0.05) is 11.6 Å². The Kier molecular flexibility index (Phi) is 4.27. The average Bonchev–Trinajstić information content (AvgIpc) is 2.88. The molecule has 6 heteroatoms. The Labute approximate surface area is 118 Å². The van der Waals surface area contributed by atoms with Gasteiger partial charge in [-0.3, -0.25) is 4.68 Å². The summed E-state index contributed by atoms with van der Waals surface area (Å²) in [6.45, 7) is 7.45. The first kappa shape index (κ1) is 14.1. The number of nitrogens with two attached hydrogens (primary N) is 1. The van der Waals surface area contributed by atoms with Crippen molar-refractivity contribution in [2.45, 2.75) is 46.3 Å². The van der Waals surface area contributed by atoms with Crippen molar-refractivity contribution in [1.29, 1.82) is 0 Å². The molecule has 2 heterocycles. The second-order valence-electron chi connectivity index (χ2n) is 4.88. The van der Waals surface area contributed by atoms with Crippen molar-refractivity contribution in [3.8, 4) is 0 Å². The maximum atomic E-state index is 6.30. The third kappa shape index (κ3) is 3.16. The van der Waals surface area contributed by atoms with Gasteiger partial charge in [-0.25, -0.2) is 4.98 Å². The lowest BCUT2D eigenvalue weighted by Crippen LogP contribution is -2.17. The first-order chi connectivity index (χ1) is 9.01. The van der Waals surface area contributed by atoms with Crippen molar-refractivity contribution in [3.63, 3.8) is 0 Å². The van der Waals surface area contributed by atoms with E-state index in [1.807, 2.05) is 35.6 Å². The zero-order chi connectivity index (χ0) is 14.0. The molecule has 0 saturated carbocycles. The minimum absolute atomic E-state index is 0.121. The summed E-state index contributed by atoms with van der Waals surface area (Å²) in [5.74, 6) is 0. The largest absolute Gasteiger partial charge is 0.331 e. The van der Waals surface area contributed by atoms with E-state index in [1.54, 1.807) is 0 Å². The fourth-order valence-corrected chi connectivity index (χ4v) is 2.32. The number of halogens is 1. The average molecular weight is 282 g/mol. The Morgan fingerprint density at radius 1 is 1.47 bits per heavy atom. The number of hydrogen-bond acceptors (Lipinski definition) is 3. The van der Waals surface area contributed by atoms with Crippen LogP contribution >= 0.6 is 11.6 Å². The zero-order valence-corrected chi connectivity index (χ0v) is 12.4. The number of hydrogen-bond donors (Lipinski definition) is 1. The van der Waals surface area contributed by atoms with E-state index in [9.17, 15) is 0 Å². The van der Waals surface area contributed by atoms with E-state index in [-0.39, 0.29) is 6.04 Å². The fourth-order valence-electron chi connectivity index (χ4n) is 2.12. The van der Waals surface area contributed by atoms with E-state index in [2.05, 4.69) is 17.0 Å². The molecule has 0 aromatic carbocycles. The molecule has 0 aliphatic rings. The Hall–Kier alpha value is -1.33. The molecule has 0 amide bonds. The maximum absolute atomic E-state index is 6.30. The Morgan fingerprint density at radius 3 is 2.84 bits per heavy atom. The molecule has 0 radical (unpaired) electrons. The molecule has 0 bridgehead atoms. The Morgan fingerprint density at radius 2 is 2.21 bits per heavy atom. The number of rotatable bonds is 5. The van der Waals surface area contributed by atoms with Crippen molar-refractivity contribution in [1.82, 2.24) is 19.3 Å². The molecule has 2 aromatic rings. The van der Waals surface area contributed by atoms with Gasteiger partial charge in [-0.15, -0.1) is 0 Å². The molecule has 0 aliphatic carbocycles. The van der Waals surface area contributed by atoms with Crippen LogP contribution in [0.25, 0.3) is 0 Å². The normalized spacial score (nSPS) is 12.9. The summed E-state index contributed by atoms with van der Waals surface area (Å²) in [6.07, 6.45) is 4.62. The van der Waals surface area contributed by atoms with E-state index >= 15 is 0 Å². The number of imidazole rings is 1. The molecule has 5 nitrogen and oxygen atoms in total. The van der Waals surface area contributed by atoms with Gasteiger partial charge in [0.1, 0.15) is 0 Å². The Balaban J connectivity index is 2.19. The van der Waals surface area contributed by atoms with Crippen molar-refractivity contribution >= 4 is 11.6 Å². The van der Waals surface area contributed by atoms with Gasteiger partial charge >= 0.3 is 0 Å². The van der Waals surface area contributed by atoms with Crippen LogP contribution in [0.2, 0.25) is 5.02 Å². The van der Waals surface area contributed by atoms with Crippen molar-refractivity contribution in [2.24, 2.45) is 5.73 Å². The van der Waals surface area contributed by atoms with Crippen LogP contribution in [-0.2, 0) is 19.5 Å². The summed E-state index contributed by atoms with van der Waals surface area (Å²) >= 11 is 6.30. The molecule has 2 N–H and O–H groups in total. The van der Waals surface area contributed by atoms with Crippen LogP contribution in [-0.4, -0.2) is 25.4 Å². The van der Waals surface area contributed by atoms with Crippen LogP contribution in [0.3, 0.4) is 0 Å². The third-order valence-electron chi connectivity index (χ3n) is 3.00. The molecule has 1 atom stereocenters. The summed E-state index contributed by atoms with van der Waals surface area (Å²) in [5, 5.41) is 5.15. The van der Waals surface area contributed by atoms with Gasteiger partial charge in [0.05, 0.1) is 35.0 Å². The standard InChI is InChI=1S/C13H20ClN5/c1-4-19-12(13(14)10(3)17-19)7-18-6-11(16-8-18)5-9(2)15/h6,8-9H,4-5,7,15H2,1-3H3. The number of aryl methyl sites for hydroxylation is 2. The van der Waals surface area contributed by atoms with Gasteiger partial charge < -0.3 is 10.3 Å². The highest BCUT2D eigenvalue weighted by atomic mass is 35.5. The molecular weight excluding hydrogens is 262 g/mol. The second-order valence-corrected chi connectivity index (χ2v) is 5.26. The lowest BCUT2D eigenvalue weighted by molar-refractivity contribution is 0.597. The summed E-state index contributed by atoms with van der Waals surface area (Å²) in [7, 11) is 0. The summed E-state index contributed by atoms with van der Waals surface area (Å²) < 4.78 is 3.95. The molecule has 104 valence electrons. The van der Waals surface area contributed by atoms with Crippen molar-refractivity contribution in [2.75, 3.05) is 0 Å². The molecule has 2 aromatic heterocycles. The summed E-state index contributed by atoms with van der Waals surface area (Å²) in [6, 6.07) is 0.121. The number of nitrogens with zero attached hydrogens (tertiary/aromatic N) is 4. The SMILES string of the molecule is CCn1nc(C)c(Cl)c1Cn1cnc(CC(C)N)c1. The van der Waals surface area contributed by atoms with E-state index in [1.165, 1.54) is 0 Å². The van der Waals surface area contributed by atoms with Gasteiger partial charge in [0.15, 0.2) is 0 Å². The topological polar surface area (TPSA) is 61.7 Å². The fraction of sp³-hybridized carbons (Fsp3) is 0.538. The van der Waals surface area contributed by atoms with E-state index in [0.717, 1.165) is 35.1 Å². The number of aromatic nitrogens is 4. The van der Waals surface area contributed by atoms with Crippen LogP contribution in [0.15, 0.2) is 12.5 Å². The third-order valence-corrected chi connectivity index (χ3v) is 3.49. The summed E-state index contributed by atoms with van der Waals surface area (Å²) in [5.41, 5.74) is 8.67. The molecule has 0 saturated heterocycles. The molecule has 1 unspecified atom stereocenters. The van der Waals surface area contributed by atoms with Crippen molar-refractivity contribution < 1.29 is 0 Å². The van der Waals surface area contributed by atoms with E-state index in [4.69, 9.17) is 17.3 Å². The van der Waals surface area contributed by atoms with Crippen LogP contribution < -0.4 is 5.73 Å². The van der Waals surface area contributed by atoms with Crippen molar-refractivity contribution in [3.05, 3.63) is 34.6 Å². The molecule has 0 aliphatic heterocycles. The highest BCUT2D eigenvalue weighted by Crippen LogP contribution is 2.21. The predicted octanol–water partition coefficient (Wildman–Crippen LogP) is 2.00. The predicted molar refractivity (Wildman–Crippen MR) is 76.3 cm³/mol. The van der Waals surface area contributed by atoms with E-state index < -0.39 is 0 Å². The lowest BCUT2D eigenvalue weighted by atomic mass is 10.2. The monoisotopic (exact) mass is 281 g/mol. The maximum Gasteiger partial charge on any atom is 0.0953 e. The van der Waals surface area contributed by atoms with E-state index in [0.29, 0.717) is 6.54 Å². The Bertz CT molecular complexity index is 555. The molecule has 19 heavy (non-hydrogen) atoms. The molecule has 2 rings (SSSR count). The van der Waals surface area contributed by atoms with Gasteiger partial charge in [0, 0.05) is 25.2 Å². The quantitative estimate of drug-likeness (QED) is 0.912. The first-order valence-corrected chi connectivity index (χ1v) is 6.87. The highest BCUT2D eigenvalue weighted by molar-refractivity contribution is 6.31. The minimum atomic E-state index is 0.121. The smallest absolute Gasteiger partial charge is 0.0953 e. The second kappa shape index (κ2) is 5.75. The van der Waals surface area contributed by atoms with Crippen LogP contribution in [0, 0.1) is 6.92 Å². The zero-order valence-electron chi connectivity index (χ0n) is 11.6. The first-order valence-electron chi connectivity index (χ1n) is 6.49. The van der Waals surface area contributed by atoms with Gasteiger partial charge in [0.25, 0.3) is 0 Å². The highest BCUT2D eigenvalue weighted by Gasteiger charge is 2.13.